The number of anilines is 1. The number of pyridine rings is 1. The molecule has 2 unspecified atom stereocenters. The number of aromatic nitrogens is 1. The summed E-state index contributed by atoms with van der Waals surface area (Å²) in [5.41, 5.74) is 6.05. The number of hydrogen-bond acceptors (Lipinski definition) is 8. The summed E-state index contributed by atoms with van der Waals surface area (Å²) in [4.78, 5) is 45.9. The number of nitrogens with one attached hydrogen (secondary N) is 2. The van der Waals surface area contributed by atoms with Crippen LogP contribution in [0.25, 0.3) is 10.1 Å². The molecule has 10 heteroatoms. The normalized spacial score (nSPS) is 16.5. The number of amides is 2. The van der Waals surface area contributed by atoms with Gasteiger partial charge in [0.1, 0.15) is 23.5 Å². The summed E-state index contributed by atoms with van der Waals surface area (Å²) in [5.74, 6) is -0.428. The van der Waals surface area contributed by atoms with Gasteiger partial charge in [0.05, 0.1) is 13.1 Å². The third kappa shape index (κ3) is 6.64. The van der Waals surface area contributed by atoms with E-state index in [0.29, 0.717) is 25.3 Å². The minimum atomic E-state index is -0.778. The number of thiophene rings is 1. The molecule has 0 aliphatic carbocycles. The first-order chi connectivity index (χ1) is 17.6. The molecule has 1 aliphatic rings. The number of hydrogen-bond donors (Lipinski definition) is 3. The average Bonchev–Trinajstić information content (AvgIpc) is 3.50. The van der Waals surface area contributed by atoms with Crippen LogP contribution in [0, 0.1) is 0 Å². The van der Waals surface area contributed by atoms with Gasteiger partial charge in [0.25, 0.3) is 0 Å². The van der Waals surface area contributed by atoms with Crippen molar-refractivity contribution in [2.45, 2.75) is 57.8 Å². The fraction of sp³-hybridized carbons (Fsp3) is 0.407. The fourth-order valence-electron chi connectivity index (χ4n) is 4.44. The van der Waals surface area contributed by atoms with Crippen LogP contribution in [0.5, 0.6) is 0 Å². The van der Waals surface area contributed by atoms with Gasteiger partial charge in [0.15, 0.2) is 0 Å². The van der Waals surface area contributed by atoms with Gasteiger partial charge in [-0.2, -0.15) is 0 Å². The van der Waals surface area contributed by atoms with E-state index < -0.39 is 23.7 Å². The number of esters is 1. The SMILES string of the molecule is CC(C)(C)OC(=O)CNC(C(=O)N1CCCC1C(=O)NCc1cc2c(N)nccc2s1)c1ccccc1. The number of carbonyl (C=O) groups excluding carboxylic acids is 3. The molecule has 196 valence electrons. The van der Waals surface area contributed by atoms with Gasteiger partial charge in [-0.15, -0.1) is 11.3 Å². The number of rotatable bonds is 8. The van der Waals surface area contributed by atoms with Crippen LogP contribution in [0.3, 0.4) is 0 Å². The Labute approximate surface area is 220 Å². The van der Waals surface area contributed by atoms with Gasteiger partial charge in [-0.3, -0.25) is 19.7 Å². The Morgan fingerprint density at radius 2 is 1.97 bits per heavy atom. The van der Waals surface area contributed by atoms with E-state index in [0.717, 1.165) is 26.9 Å². The van der Waals surface area contributed by atoms with Gasteiger partial charge in [0.2, 0.25) is 11.8 Å². The molecule has 0 saturated carbocycles. The maximum absolute atomic E-state index is 13.7. The largest absolute Gasteiger partial charge is 0.459 e. The van der Waals surface area contributed by atoms with E-state index in [2.05, 4.69) is 15.6 Å². The van der Waals surface area contributed by atoms with E-state index in [1.165, 1.54) is 0 Å². The molecule has 9 nitrogen and oxygen atoms in total. The molecule has 4 N–H and O–H groups in total. The molecule has 0 spiro atoms. The summed E-state index contributed by atoms with van der Waals surface area (Å²) < 4.78 is 6.40. The number of fused-ring (bicyclic) bond motifs is 1. The number of nitrogen functional groups attached to an aromatic ring is 1. The van der Waals surface area contributed by atoms with Gasteiger partial charge in [-0.05, 0) is 51.3 Å². The molecule has 3 aromatic rings. The summed E-state index contributed by atoms with van der Waals surface area (Å²) in [6.07, 6.45) is 2.97. The quantitative estimate of drug-likeness (QED) is 0.387. The molecule has 1 aliphatic heterocycles. The monoisotopic (exact) mass is 523 g/mol. The topological polar surface area (TPSA) is 127 Å². The molecule has 1 fully saturated rings. The molecule has 3 heterocycles. The Morgan fingerprint density at radius 1 is 1.22 bits per heavy atom. The molecule has 4 rings (SSSR count). The lowest BCUT2D eigenvalue weighted by molar-refractivity contribution is -0.154. The van der Waals surface area contributed by atoms with Crippen LogP contribution in [0.15, 0.2) is 48.7 Å². The number of likely N-dealkylation sites (tertiary alicyclic amines) is 1. The van der Waals surface area contributed by atoms with Crippen molar-refractivity contribution in [3.8, 4) is 0 Å². The lowest BCUT2D eigenvalue weighted by atomic mass is 10.0. The first kappa shape index (κ1) is 26.6. The third-order valence-corrected chi connectivity index (χ3v) is 7.15. The Kier molecular flexibility index (Phi) is 8.09. The lowest BCUT2D eigenvalue weighted by Crippen LogP contribution is -2.50. The van der Waals surface area contributed by atoms with Gasteiger partial charge in [-0.25, -0.2) is 4.98 Å². The van der Waals surface area contributed by atoms with Crippen molar-refractivity contribution in [2.75, 3.05) is 18.8 Å². The number of nitrogens with zero attached hydrogens (tertiary/aromatic N) is 2. The van der Waals surface area contributed by atoms with Gasteiger partial charge in [0, 0.05) is 27.7 Å². The third-order valence-electron chi connectivity index (χ3n) is 6.05. The molecule has 1 saturated heterocycles. The van der Waals surface area contributed by atoms with Gasteiger partial charge < -0.3 is 20.7 Å². The van der Waals surface area contributed by atoms with E-state index in [1.807, 2.05) is 42.5 Å². The molecule has 2 aromatic heterocycles. The van der Waals surface area contributed by atoms with E-state index in [1.54, 1.807) is 43.2 Å². The number of benzene rings is 1. The maximum Gasteiger partial charge on any atom is 0.320 e. The molecule has 2 atom stereocenters. The molecule has 0 radical (unpaired) electrons. The van der Waals surface area contributed by atoms with Crippen molar-refractivity contribution in [3.05, 3.63) is 59.1 Å². The Hall–Kier alpha value is -3.50. The van der Waals surface area contributed by atoms with Crippen molar-refractivity contribution in [3.63, 3.8) is 0 Å². The van der Waals surface area contributed by atoms with Crippen molar-refractivity contribution in [1.29, 1.82) is 0 Å². The predicted molar refractivity (Wildman–Crippen MR) is 144 cm³/mol. The van der Waals surface area contributed by atoms with Crippen LogP contribution in [0.4, 0.5) is 5.82 Å². The van der Waals surface area contributed by atoms with Crippen LogP contribution in [-0.4, -0.2) is 52.4 Å². The second kappa shape index (κ2) is 11.3. The molecular formula is C27H33N5O4S. The Bertz CT molecular complexity index is 1270. The van der Waals surface area contributed by atoms with Crippen LogP contribution in [-0.2, 0) is 25.7 Å². The molecule has 1 aromatic carbocycles. The van der Waals surface area contributed by atoms with Crippen LogP contribution in [0.1, 0.15) is 50.1 Å². The maximum atomic E-state index is 13.7. The fourth-order valence-corrected chi connectivity index (χ4v) is 5.45. The molecule has 37 heavy (non-hydrogen) atoms. The number of ether oxygens (including phenoxy) is 1. The first-order valence-electron chi connectivity index (χ1n) is 12.3. The zero-order valence-electron chi connectivity index (χ0n) is 21.3. The number of nitrogens with two attached hydrogens (primary N) is 1. The van der Waals surface area contributed by atoms with Crippen molar-refractivity contribution < 1.29 is 19.1 Å². The second-order valence-corrected chi connectivity index (χ2v) is 11.2. The molecular weight excluding hydrogens is 490 g/mol. The molecule has 0 bridgehead atoms. The summed E-state index contributed by atoms with van der Waals surface area (Å²) in [7, 11) is 0. The highest BCUT2D eigenvalue weighted by atomic mass is 32.1. The average molecular weight is 524 g/mol. The minimum absolute atomic E-state index is 0.128. The lowest BCUT2D eigenvalue weighted by Gasteiger charge is -2.29. The van der Waals surface area contributed by atoms with Crippen LogP contribution >= 0.6 is 11.3 Å². The highest BCUT2D eigenvalue weighted by molar-refractivity contribution is 7.19. The highest BCUT2D eigenvalue weighted by Crippen LogP contribution is 2.29. The van der Waals surface area contributed by atoms with Gasteiger partial charge in [-0.1, -0.05) is 30.3 Å². The second-order valence-electron chi connectivity index (χ2n) is 10.0. The van der Waals surface area contributed by atoms with Crippen molar-refractivity contribution >= 4 is 45.0 Å². The number of carbonyl (C=O) groups is 3. The summed E-state index contributed by atoms with van der Waals surface area (Å²) in [5, 5.41) is 6.91. The Balaban J connectivity index is 1.44. The Morgan fingerprint density at radius 3 is 2.68 bits per heavy atom. The van der Waals surface area contributed by atoms with E-state index >= 15 is 0 Å². The van der Waals surface area contributed by atoms with E-state index in [-0.39, 0.29) is 18.4 Å². The summed E-state index contributed by atoms with van der Waals surface area (Å²) in [6, 6.07) is 11.7. The zero-order valence-corrected chi connectivity index (χ0v) is 22.1. The molecule has 2 amide bonds. The smallest absolute Gasteiger partial charge is 0.320 e. The van der Waals surface area contributed by atoms with Gasteiger partial charge >= 0.3 is 5.97 Å². The predicted octanol–water partition coefficient (Wildman–Crippen LogP) is 3.16. The highest BCUT2D eigenvalue weighted by Gasteiger charge is 2.37. The van der Waals surface area contributed by atoms with E-state index in [4.69, 9.17) is 10.5 Å². The van der Waals surface area contributed by atoms with Crippen LogP contribution < -0.4 is 16.4 Å². The summed E-state index contributed by atoms with van der Waals surface area (Å²) >= 11 is 1.55. The summed E-state index contributed by atoms with van der Waals surface area (Å²) in [6.45, 7) is 6.07. The minimum Gasteiger partial charge on any atom is -0.459 e. The van der Waals surface area contributed by atoms with Crippen molar-refractivity contribution in [1.82, 2.24) is 20.5 Å². The van der Waals surface area contributed by atoms with Crippen LogP contribution in [0.2, 0.25) is 0 Å². The standard InChI is InChI=1S/C27H33N5O4S/c1-27(2,3)36-22(33)16-30-23(17-8-5-4-6-9-17)26(35)32-13-7-10-20(32)25(34)31-15-18-14-19-21(37-18)11-12-29-24(19)28/h4-6,8-9,11-12,14,20,23,30H,7,10,13,15-16H2,1-3H3,(H2,28,29)(H,31,34). The van der Waals surface area contributed by atoms with E-state index in [9.17, 15) is 14.4 Å². The zero-order chi connectivity index (χ0) is 26.6. The first-order valence-corrected chi connectivity index (χ1v) is 13.2. The van der Waals surface area contributed by atoms with Crippen molar-refractivity contribution in [2.24, 2.45) is 0 Å².